The molecule has 0 amide bonds. The maximum atomic E-state index is 6.13. The number of hydrogen-bond donors (Lipinski definition) is 0. The van der Waals surface area contributed by atoms with E-state index in [1.165, 1.54) is 124 Å². The van der Waals surface area contributed by atoms with E-state index in [1.54, 1.807) is 11.1 Å². The van der Waals surface area contributed by atoms with Crippen LogP contribution in [0.1, 0.15) is 130 Å². The topological polar surface area (TPSA) is 9.23 Å². The van der Waals surface area contributed by atoms with E-state index in [2.05, 4.69) is 202 Å². The zero-order valence-electron chi connectivity index (χ0n) is 42.9. The Morgan fingerprint density at radius 3 is 1.40 bits per heavy atom. The van der Waals surface area contributed by atoms with Crippen molar-refractivity contribution in [3.05, 3.63) is 146 Å². The Kier molecular flexibility index (Phi) is 15.6. The van der Waals surface area contributed by atoms with Gasteiger partial charge >= 0.3 is 53.5 Å². The fourth-order valence-corrected chi connectivity index (χ4v) is 9.77. The van der Waals surface area contributed by atoms with Crippen LogP contribution >= 0.6 is 17.0 Å². The van der Waals surface area contributed by atoms with Gasteiger partial charge in [0.1, 0.15) is 5.75 Å². The molecule has 1 aliphatic rings. The van der Waals surface area contributed by atoms with E-state index < -0.39 is 18.0 Å². The second kappa shape index (κ2) is 19.8. The van der Waals surface area contributed by atoms with Crippen LogP contribution < -0.4 is 4.74 Å². The number of ether oxygens (including phenoxy) is 1. The van der Waals surface area contributed by atoms with Gasteiger partial charge < -0.3 is 4.74 Å². The normalized spacial score (nSPS) is 12.7. The summed E-state index contributed by atoms with van der Waals surface area (Å²) in [5.41, 5.74) is 23.4. The zero-order valence-corrected chi connectivity index (χ0v) is 47.8. The fourth-order valence-electron chi connectivity index (χ4n) is 9.77. The van der Waals surface area contributed by atoms with Gasteiger partial charge in [0.15, 0.2) is 0 Å². The van der Waals surface area contributed by atoms with E-state index in [4.69, 9.17) is 21.8 Å². The van der Waals surface area contributed by atoms with Gasteiger partial charge in [-0.05, 0) is 96.6 Å². The SMILES string of the molecule is COc1c(C(C)(C)C)cc2[cH-]c(C)cc2c1-c1cc(C(C)(C)C)cc(C(C)(C)C)c1.C[Si](C)=[Zr]([Cl])[Cl].Cc1cc(C)cc(-c2c3c(c(-c4cc(C)cc(C)c4)c4[cH-]c(C)cc24)CCC3)c1. The third kappa shape index (κ3) is 11.6. The molecule has 0 unspecified atom stereocenters. The van der Waals surface area contributed by atoms with E-state index in [-0.39, 0.29) is 21.7 Å². The van der Waals surface area contributed by atoms with Crippen LogP contribution in [0.3, 0.4) is 0 Å². The molecule has 0 saturated heterocycles. The predicted molar refractivity (Wildman–Crippen MR) is 288 cm³/mol. The molecule has 8 rings (SSSR count). The summed E-state index contributed by atoms with van der Waals surface area (Å²) in [5.74, 6) is 1.01. The quantitative estimate of drug-likeness (QED) is 0.126. The number of benzene rings is 5. The summed E-state index contributed by atoms with van der Waals surface area (Å²) in [6.45, 7) is 38.2. The zero-order chi connectivity index (χ0) is 48.1. The monoisotopic (exact) mass is 998 g/mol. The molecule has 0 heterocycles. The van der Waals surface area contributed by atoms with Crippen molar-refractivity contribution < 1.29 is 22.7 Å². The van der Waals surface area contributed by atoms with Crippen LogP contribution in [0.2, 0.25) is 13.1 Å². The van der Waals surface area contributed by atoms with Crippen LogP contribution in [0.25, 0.3) is 54.9 Å². The van der Waals surface area contributed by atoms with Crippen molar-refractivity contribution >= 4 is 44.0 Å². The summed E-state index contributed by atoms with van der Waals surface area (Å²) >= 11 is -1.65. The molecule has 0 saturated carbocycles. The van der Waals surface area contributed by atoms with E-state index >= 15 is 0 Å². The maximum Gasteiger partial charge on any atom is -0.0271 e. The van der Waals surface area contributed by atoms with Gasteiger partial charge in [-0.3, -0.25) is 0 Å². The average molecular weight is 1000 g/mol. The Hall–Kier alpha value is -3.20. The van der Waals surface area contributed by atoms with E-state index in [0.29, 0.717) is 0 Å². The molecule has 1 aliphatic carbocycles. The molecule has 7 aromatic carbocycles. The molecule has 344 valence electrons. The molecule has 0 spiro atoms. The number of fused-ring (bicyclic) bond motifs is 3. The van der Waals surface area contributed by atoms with Gasteiger partial charge in [0, 0.05) is 0 Å². The molecule has 7 aromatic rings. The molecule has 1 nitrogen and oxygen atoms in total. The van der Waals surface area contributed by atoms with E-state index in [0.717, 1.165) is 5.75 Å². The minimum Gasteiger partial charge on any atom is -0.165 e. The molecule has 0 aromatic heterocycles. The minimum absolute atomic E-state index is 0.00600. The van der Waals surface area contributed by atoms with Gasteiger partial charge in [0.05, 0.1) is 7.11 Å². The summed E-state index contributed by atoms with van der Waals surface area (Å²) in [7, 11) is 13.1. The number of halogens is 2. The van der Waals surface area contributed by atoms with Gasteiger partial charge in [0.25, 0.3) is 0 Å². The molecule has 5 heteroatoms. The Bertz CT molecular complexity index is 2750. The Morgan fingerprint density at radius 1 is 0.523 bits per heavy atom. The minimum atomic E-state index is -1.65. The Balaban J connectivity index is 0.000000192. The van der Waals surface area contributed by atoms with Crippen LogP contribution in [0, 0.1) is 41.5 Å². The van der Waals surface area contributed by atoms with Crippen molar-refractivity contribution in [2.24, 2.45) is 0 Å². The fraction of sp³-hybridized carbons (Fsp3) is 0.400. The van der Waals surface area contributed by atoms with Crippen LogP contribution in [0.4, 0.5) is 0 Å². The van der Waals surface area contributed by atoms with Crippen LogP contribution in [0.15, 0.2) is 84.9 Å². The molecule has 65 heavy (non-hydrogen) atoms. The molecule has 0 atom stereocenters. The van der Waals surface area contributed by atoms with Crippen molar-refractivity contribution in [3.63, 3.8) is 0 Å². The first-order valence-electron chi connectivity index (χ1n) is 23.5. The average Bonchev–Trinajstić information content (AvgIpc) is 3.91. The van der Waals surface area contributed by atoms with E-state index in [1.807, 2.05) is 7.11 Å². The summed E-state index contributed by atoms with van der Waals surface area (Å²) < 4.78 is 6.13. The first kappa shape index (κ1) is 51.2. The third-order valence-corrected chi connectivity index (χ3v) is 32.6. The summed E-state index contributed by atoms with van der Waals surface area (Å²) in [4.78, 5) is 0. The first-order chi connectivity index (χ1) is 30.2. The van der Waals surface area contributed by atoms with Gasteiger partial charge in [-0.2, -0.15) is 12.1 Å². The molecule has 0 N–H and O–H groups in total. The molecule has 0 radical (unpaired) electrons. The summed E-state index contributed by atoms with van der Waals surface area (Å²) in [6, 6.07) is 32.9. The van der Waals surface area contributed by atoms with E-state index in [9.17, 15) is 0 Å². The molecular weight excluding hydrogens is 927 g/mol. The summed E-state index contributed by atoms with van der Waals surface area (Å²) in [5, 5.41) is 5.44. The smallest absolute Gasteiger partial charge is 0.0271 e. The second-order valence-corrected chi connectivity index (χ2v) is 45.3. The van der Waals surface area contributed by atoms with Crippen molar-refractivity contribution in [3.8, 4) is 39.1 Å². The number of hydrogen-bond acceptors (Lipinski definition) is 1. The molecule has 0 aliphatic heterocycles. The summed E-state index contributed by atoms with van der Waals surface area (Å²) in [6.07, 6.45) is 3.64. The van der Waals surface area contributed by atoms with Gasteiger partial charge in [-0.1, -0.05) is 181 Å². The van der Waals surface area contributed by atoms with Gasteiger partial charge in [-0.25, -0.2) is 0 Å². The first-order valence-corrected chi connectivity index (χ1v) is 36.0. The number of rotatable bonds is 4. The van der Waals surface area contributed by atoms with Crippen molar-refractivity contribution in [2.45, 2.75) is 152 Å². The predicted octanol–water partition coefficient (Wildman–Crippen LogP) is 18.5. The van der Waals surface area contributed by atoms with Crippen LogP contribution in [-0.4, -0.2) is 12.5 Å². The van der Waals surface area contributed by atoms with Crippen LogP contribution in [0.5, 0.6) is 5.75 Å². The molecular formula is C60H74Cl2OSiZr-2. The van der Waals surface area contributed by atoms with Crippen molar-refractivity contribution in [1.29, 1.82) is 0 Å². The number of methoxy groups -OCH3 is 1. The molecule has 0 fully saturated rings. The standard InChI is InChI=1S/C29H39O.C29H29.C2H6Si.2ClH.Zr/c1-18-12-19-16-24(29(8,9)10)26(30-11)25(23(19)13-18)20-14-21(27(2,3)4)17-22(15-20)28(5,6)7;1-17-9-18(2)12-22(11-17)28-24-7-6-8-25(24)29(27-16-21(5)15-26(27)28)23-13-19(3)10-20(4)14-23;1-3-2;;;/h12-17H,1-11H3;9-16H,6-8H2,1-5H3;1-2H3;2*1H;/q2*-1;;;;+2/p-2. The van der Waals surface area contributed by atoms with Gasteiger partial charge in [-0.15, -0.1) is 50.9 Å². The second-order valence-electron chi connectivity index (χ2n) is 22.4. The van der Waals surface area contributed by atoms with Gasteiger partial charge in [0.2, 0.25) is 0 Å². The van der Waals surface area contributed by atoms with Crippen molar-refractivity contribution in [1.82, 2.24) is 0 Å². The molecule has 0 bridgehead atoms. The Morgan fingerprint density at radius 2 is 0.954 bits per heavy atom. The maximum absolute atomic E-state index is 6.13. The number of aryl methyl sites for hydroxylation is 6. The third-order valence-electron chi connectivity index (χ3n) is 12.9. The largest absolute Gasteiger partial charge is 0.165 e. The Labute approximate surface area is 408 Å². The van der Waals surface area contributed by atoms with Crippen LogP contribution in [-0.2, 0) is 47.1 Å². The van der Waals surface area contributed by atoms with Crippen molar-refractivity contribution in [2.75, 3.05) is 7.11 Å².